The molecule has 0 saturated carbocycles. The highest BCUT2D eigenvalue weighted by atomic mass is 16.5. The fourth-order valence-electron chi connectivity index (χ4n) is 1.05. The summed E-state index contributed by atoms with van der Waals surface area (Å²) < 4.78 is 5.44. The van der Waals surface area contributed by atoms with Crippen molar-refractivity contribution < 1.29 is 4.74 Å². The molecule has 0 saturated heterocycles. The van der Waals surface area contributed by atoms with Crippen LogP contribution in [0.4, 0.5) is 0 Å². The molecule has 1 atom stereocenters. The molecule has 0 aliphatic heterocycles. The van der Waals surface area contributed by atoms with Gasteiger partial charge >= 0.3 is 0 Å². The molecule has 0 aliphatic carbocycles. The molecule has 0 heterocycles. The molecule has 0 bridgehead atoms. The van der Waals surface area contributed by atoms with Gasteiger partial charge in [-0.25, -0.2) is 0 Å². The summed E-state index contributed by atoms with van der Waals surface area (Å²) in [7, 11) is 0. The van der Waals surface area contributed by atoms with Crippen molar-refractivity contribution in [3.8, 4) is 12.3 Å². The van der Waals surface area contributed by atoms with E-state index < -0.39 is 0 Å². The molecule has 0 aromatic carbocycles. The smallest absolute Gasteiger partial charge is 0.0628 e. The van der Waals surface area contributed by atoms with Crippen LogP contribution in [0.3, 0.4) is 0 Å². The van der Waals surface area contributed by atoms with Crippen molar-refractivity contribution in [1.29, 1.82) is 0 Å². The second kappa shape index (κ2) is 9.57. The Morgan fingerprint density at radius 3 is 2.69 bits per heavy atom. The SMILES string of the molecule is C#CCC(COCCC)NCCC. The first-order valence-corrected chi connectivity index (χ1v) is 5.09. The van der Waals surface area contributed by atoms with Gasteiger partial charge in [-0.2, -0.15) is 0 Å². The van der Waals surface area contributed by atoms with E-state index in [4.69, 9.17) is 11.2 Å². The van der Waals surface area contributed by atoms with Gasteiger partial charge in [-0.05, 0) is 19.4 Å². The Morgan fingerprint density at radius 1 is 1.38 bits per heavy atom. The Bertz CT molecular complexity index is 140. The van der Waals surface area contributed by atoms with E-state index in [1.165, 1.54) is 0 Å². The lowest BCUT2D eigenvalue weighted by molar-refractivity contribution is 0.113. The summed E-state index contributed by atoms with van der Waals surface area (Å²) in [4.78, 5) is 0. The number of nitrogens with one attached hydrogen (secondary N) is 1. The molecular formula is C11H21NO. The maximum atomic E-state index is 5.44. The van der Waals surface area contributed by atoms with Crippen LogP contribution >= 0.6 is 0 Å². The van der Waals surface area contributed by atoms with Crippen LogP contribution in [0.15, 0.2) is 0 Å². The molecule has 0 spiro atoms. The van der Waals surface area contributed by atoms with Gasteiger partial charge in [0.2, 0.25) is 0 Å². The maximum absolute atomic E-state index is 5.44. The lowest BCUT2D eigenvalue weighted by Gasteiger charge is -2.15. The highest BCUT2D eigenvalue weighted by molar-refractivity contribution is 4.89. The topological polar surface area (TPSA) is 21.3 Å². The predicted molar refractivity (Wildman–Crippen MR) is 56.6 cm³/mol. The molecule has 0 aromatic rings. The zero-order valence-electron chi connectivity index (χ0n) is 8.81. The summed E-state index contributed by atoms with van der Waals surface area (Å²) in [5, 5.41) is 3.36. The summed E-state index contributed by atoms with van der Waals surface area (Å²) >= 11 is 0. The summed E-state index contributed by atoms with van der Waals surface area (Å²) in [5.74, 6) is 2.66. The van der Waals surface area contributed by atoms with E-state index in [0.29, 0.717) is 6.04 Å². The van der Waals surface area contributed by atoms with Crippen LogP contribution < -0.4 is 5.32 Å². The molecule has 0 rings (SSSR count). The molecule has 13 heavy (non-hydrogen) atoms. The molecule has 0 fully saturated rings. The third kappa shape index (κ3) is 7.83. The number of hydrogen-bond acceptors (Lipinski definition) is 2. The Morgan fingerprint density at radius 2 is 2.15 bits per heavy atom. The van der Waals surface area contributed by atoms with Gasteiger partial charge in [0.25, 0.3) is 0 Å². The van der Waals surface area contributed by atoms with Gasteiger partial charge in [-0.1, -0.05) is 13.8 Å². The third-order valence-corrected chi connectivity index (χ3v) is 1.71. The molecule has 76 valence electrons. The van der Waals surface area contributed by atoms with Crippen molar-refractivity contribution in [2.75, 3.05) is 19.8 Å². The molecule has 1 unspecified atom stereocenters. The van der Waals surface area contributed by atoms with Crippen LogP contribution in [0.25, 0.3) is 0 Å². The predicted octanol–water partition coefficient (Wildman–Crippen LogP) is 1.80. The zero-order chi connectivity index (χ0) is 9.94. The fourth-order valence-corrected chi connectivity index (χ4v) is 1.05. The maximum Gasteiger partial charge on any atom is 0.0628 e. The van der Waals surface area contributed by atoms with Crippen LogP contribution in [0.2, 0.25) is 0 Å². The average molecular weight is 183 g/mol. The minimum atomic E-state index is 0.330. The summed E-state index contributed by atoms with van der Waals surface area (Å²) in [6.07, 6.45) is 8.21. The number of ether oxygens (including phenoxy) is 1. The van der Waals surface area contributed by atoms with Gasteiger partial charge in [-0.15, -0.1) is 12.3 Å². The molecule has 1 N–H and O–H groups in total. The van der Waals surface area contributed by atoms with Gasteiger partial charge in [0, 0.05) is 19.1 Å². The van der Waals surface area contributed by atoms with E-state index >= 15 is 0 Å². The quantitative estimate of drug-likeness (QED) is 0.458. The van der Waals surface area contributed by atoms with Crippen LogP contribution in [-0.2, 0) is 4.74 Å². The first kappa shape index (κ1) is 12.5. The fraction of sp³-hybridized carbons (Fsp3) is 0.818. The molecule has 0 aromatic heterocycles. The largest absolute Gasteiger partial charge is 0.380 e. The van der Waals surface area contributed by atoms with Crippen LogP contribution in [-0.4, -0.2) is 25.8 Å². The highest BCUT2D eigenvalue weighted by Gasteiger charge is 2.04. The van der Waals surface area contributed by atoms with Gasteiger partial charge in [-0.3, -0.25) is 0 Å². The molecule has 2 nitrogen and oxygen atoms in total. The Labute approximate surface area is 82.1 Å². The highest BCUT2D eigenvalue weighted by Crippen LogP contribution is 1.93. The van der Waals surface area contributed by atoms with Crippen molar-refractivity contribution in [2.24, 2.45) is 0 Å². The van der Waals surface area contributed by atoms with Crippen molar-refractivity contribution in [3.05, 3.63) is 0 Å². The minimum absolute atomic E-state index is 0.330. The Kier molecular flexibility index (Phi) is 9.18. The number of hydrogen-bond donors (Lipinski definition) is 1. The van der Waals surface area contributed by atoms with E-state index in [9.17, 15) is 0 Å². The summed E-state index contributed by atoms with van der Waals surface area (Å²) in [6.45, 7) is 6.83. The minimum Gasteiger partial charge on any atom is -0.380 e. The lowest BCUT2D eigenvalue weighted by atomic mass is 10.2. The lowest BCUT2D eigenvalue weighted by Crippen LogP contribution is -2.33. The summed E-state index contributed by atoms with van der Waals surface area (Å²) in [5.41, 5.74) is 0. The molecule has 0 aliphatic rings. The van der Waals surface area contributed by atoms with Crippen molar-refractivity contribution in [2.45, 2.75) is 39.2 Å². The van der Waals surface area contributed by atoms with E-state index in [2.05, 4.69) is 25.1 Å². The first-order chi connectivity index (χ1) is 6.35. The zero-order valence-corrected chi connectivity index (χ0v) is 8.81. The van der Waals surface area contributed by atoms with Gasteiger partial charge < -0.3 is 10.1 Å². The van der Waals surface area contributed by atoms with E-state index in [1.807, 2.05) is 0 Å². The second-order valence-electron chi connectivity index (χ2n) is 3.13. The molecule has 2 heteroatoms. The van der Waals surface area contributed by atoms with Gasteiger partial charge in [0.15, 0.2) is 0 Å². The number of terminal acetylenes is 1. The normalized spacial score (nSPS) is 12.4. The molecular weight excluding hydrogens is 162 g/mol. The standard InChI is InChI=1S/C11H21NO/c1-4-7-11(12-8-5-2)10-13-9-6-3/h1,11-12H,5-10H2,2-3H3. The molecule has 0 amide bonds. The number of rotatable bonds is 8. The van der Waals surface area contributed by atoms with Crippen molar-refractivity contribution in [1.82, 2.24) is 5.32 Å². The van der Waals surface area contributed by atoms with Crippen molar-refractivity contribution >= 4 is 0 Å². The average Bonchev–Trinajstić information content (AvgIpc) is 2.14. The van der Waals surface area contributed by atoms with Crippen molar-refractivity contribution in [3.63, 3.8) is 0 Å². The third-order valence-electron chi connectivity index (χ3n) is 1.71. The monoisotopic (exact) mass is 183 g/mol. The molecule has 0 radical (unpaired) electrons. The Hall–Kier alpha value is -0.520. The van der Waals surface area contributed by atoms with Gasteiger partial charge in [0.1, 0.15) is 0 Å². The van der Waals surface area contributed by atoms with E-state index in [0.717, 1.165) is 39.0 Å². The first-order valence-electron chi connectivity index (χ1n) is 5.09. The Balaban J connectivity index is 3.48. The van der Waals surface area contributed by atoms with Gasteiger partial charge in [0.05, 0.1) is 6.61 Å². The van der Waals surface area contributed by atoms with E-state index in [-0.39, 0.29) is 0 Å². The van der Waals surface area contributed by atoms with E-state index in [1.54, 1.807) is 0 Å². The second-order valence-corrected chi connectivity index (χ2v) is 3.13. The van der Waals surface area contributed by atoms with Crippen LogP contribution in [0.1, 0.15) is 33.1 Å². The van der Waals surface area contributed by atoms with Crippen LogP contribution in [0, 0.1) is 12.3 Å². The van der Waals surface area contributed by atoms with Crippen LogP contribution in [0.5, 0.6) is 0 Å². The summed E-state index contributed by atoms with van der Waals surface area (Å²) in [6, 6.07) is 0.330.